The molecule has 158 valence electrons. The Morgan fingerprint density at radius 2 is 1.58 bits per heavy atom. The van der Waals surface area contributed by atoms with Crippen molar-refractivity contribution in [2.75, 3.05) is 13.1 Å². The van der Waals surface area contributed by atoms with E-state index >= 15 is 0 Å². The molecule has 0 spiro atoms. The van der Waals surface area contributed by atoms with Crippen molar-refractivity contribution in [2.45, 2.75) is 25.3 Å². The molecule has 1 amide bonds. The van der Waals surface area contributed by atoms with Gasteiger partial charge in [-0.25, -0.2) is 4.39 Å². The summed E-state index contributed by atoms with van der Waals surface area (Å²) in [6.07, 6.45) is 1.74. The first-order chi connectivity index (χ1) is 15.1. The number of nitrogens with two attached hydrogens (primary N) is 1. The number of amides is 1. The number of carbonyl (C=O) groups excluding carboxylic acids is 2. The third kappa shape index (κ3) is 4.57. The topological polar surface area (TPSA) is 63.4 Å². The van der Waals surface area contributed by atoms with Gasteiger partial charge in [0.2, 0.25) is 0 Å². The van der Waals surface area contributed by atoms with Gasteiger partial charge in [0.25, 0.3) is 5.91 Å². The molecule has 3 aromatic rings. The number of hydrogen-bond acceptors (Lipinski definition) is 3. The van der Waals surface area contributed by atoms with E-state index in [0.29, 0.717) is 42.2 Å². The van der Waals surface area contributed by atoms with Crippen molar-refractivity contribution in [3.05, 3.63) is 106 Å². The summed E-state index contributed by atoms with van der Waals surface area (Å²) < 4.78 is 13.2. The van der Waals surface area contributed by atoms with Gasteiger partial charge in [0.15, 0.2) is 5.78 Å². The monoisotopic (exact) mass is 416 g/mol. The lowest BCUT2D eigenvalue weighted by Gasteiger charge is -2.32. The molecule has 1 fully saturated rings. The molecule has 5 heteroatoms. The Balaban J connectivity index is 1.49. The summed E-state index contributed by atoms with van der Waals surface area (Å²) in [6, 6.07) is 20.6. The Bertz CT molecular complexity index is 1090. The zero-order valence-corrected chi connectivity index (χ0v) is 17.3. The molecule has 0 saturated carbocycles. The van der Waals surface area contributed by atoms with Gasteiger partial charge in [-0.1, -0.05) is 42.5 Å². The molecule has 1 heterocycles. The lowest BCUT2D eigenvalue weighted by molar-refractivity contribution is 0.0709. The van der Waals surface area contributed by atoms with Crippen molar-refractivity contribution in [1.82, 2.24) is 4.90 Å². The minimum absolute atomic E-state index is 0.139. The van der Waals surface area contributed by atoms with E-state index in [9.17, 15) is 14.0 Å². The van der Waals surface area contributed by atoms with Gasteiger partial charge in [0.05, 0.1) is 5.56 Å². The van der Waals surface area contributed by atoms with E-state index in [1.54, 1.807) is 24.3 Å². The Morgan fingerprint density at radius 1 is 0.903 bits per heavy atom. The normalized spacial score (nSPS) is 14.5. The zero-order chi connectivity index (χ0) is 21.8. The number of ketones is 1. The number of carbonyl (C=O) groups is 2. The van der Waals surface area contributed by atoms with Crippen LogP contribution < -0.4 is 5.73 Å². The largest absolute Gasteiger partial charge is 0.339 e. The second-order valence-electron chi connectivity index (χ2n) is 7.90. The van der Waals surface area contributed by atoms with Crippen LogP contribution in [-0.2, 0) is 6.54 Å². The third-order valence-electron chi connectivity index (χ3n) is 5.95. The van der Waals surface area contributed by atoms with Crippen molar-refractivity contribution in [2.24, 2.45) is 5.73 Å². The molecule has 4 nitrogen and oxygen atoms in total. The van der Waals surface area contributed by atoms with Crippen molar-refractivity contribution in [3.8, 4) is 0 Å². The smallest absolute Gasteiger partial charge is 0.254 e. The molecule has 31 heavy (non-hydrogen) atoms. The number of nitrogens with zero attached hydrogens (tertiary/aromatic N) is 1. The fourth-order valence-electron chi connectivity index (χ4n) is 4.18. The van der Waals surface area contributed by atoms with E-state index < -0.39 is 5.82 Å². The summed E-state index contributed by atoms with van der Waals surface area (Å²) in [5, 5.41) is 0. The molecule has 1 aliphatic rings. The number of piperidine rings is 1. The minimum Gasteiger partial charge on any atom is -0.339 e. The van der Waals surface area contributed by atoms with E-state index in [2.05, 4.69) is 12.1 Å². The van der Waals surface area contributed by atoms with E-state index in [0.717, 1.165) is 18.4 Å². The van der Waals surface area contributed by atoms with Crippen LogP contribution in [0.3, 0.4) is 0 Å². The number of benzene rings is 3. The van der Waals surface area contributed by atoms with Crippen molar-refractivity contribution in [3.63, 3.8) is 0 Å². The van der Waals surface area contributed by atoms with Crippen molar-refractivity contribution < 1.29 is 14.0 Å². The molecule has 3 aromatic carbocycles. The van der Waals surface area contributed by atoms with Crippen LogP contribution in [0.2, 0.25) is 0 Å². The van der Waals surface area contributed by atoms with Crippen LogP contribution in [0, 0.1) is 5.82 Å². The molecule has 0 bridgehead atoms. The summed E-state index contributed by atoms with van der Waals surface area (Å²) in [5.41, 5.74) is 9.24. The van der Waals surface area contributed by atoms with E-state index in [-0.39, 0.29) is 11.7 Å². The predicted octanol–water partition coefficient (Wildman–Crippen LogP) is 4.54. The molecule has 0 aliphatic carbocycles. The summed E-state index contributed by atoms with van der Waals surface area (Å²) in [4.78, 5) is 28.0. The molecular formula is C26H25FN2O2. The first kappa shape index (κ1) is 20.9. The molecule has 0 atom stereocenters. The van der Waals surface area contributed by atoms with E-state index in [1.165, 1.54) is 29.8 Å². The maximum Gasteiger partial charge on any atom is 0.254 e. The highest BCUT2D eigenvalue weighted by Crippen LogP contribution is 2.29. The first-order valence-electron chi connectivity index (χ1n) is 10.5. The fraction of sp³-hybridized carbons (Fsp3) is 0.231. The van der Waals surface area contributed by atoms with Crippen LogP contribution in [0.4, 0.5) is 4.39 Å². The molecule has 4 rings (SSSR count). The highest BCUT2D eigenvalue weighted by Gasteiger charge is 2.27. The van der Waals surface area contributed by atoms with Crippen molar-refractivity contribution >= 4 is 11.7 Å². The van der Waals surface area contributed by atoms with Gasteiger partial charge in [-0.3, -0.25) is 9.59 Å². The van der Waals surface area contributed by atoms with Gasteiger partial charge in [-0.2, -0.15) is 0 Å². The Kier molecular flexibility index (Phi) is 6.23. The zero-order valence-electron chi connectivity index (χ0n) is 17.3. The van der Waals surface area contributed by atoms with Crippen LogP contribution in [0.1, 0.15) is 56.2 Å². The Hall–Kier alpha value is -3.31. The fourth-order valence-corrected chi connectivity index (χ4v) is 4.18. The van der Waals surface area contributed by atoms with Gasteiger partial charge in [0.1, 0.15) is 5.82 Å². The number of halogens is 1. The Labute approximate surface area is 181 Å². The quantitative estimate of drug-likeness (QED) is 0.622. The standard InChI is InChI=1S/C26H25FN2O2/c27-22-10-8-20(9-11-22)25(30)23-6-1-2-7-24(23)26(31)29-14-12-19(13-15-29)21-5-3-4-18(16-21)17-28/h1-11,16,19H,12-15,17,28H2. The molecule has 1 saturated heterocycles. The number of hydrogen-bond donors (Lipinski definition) is 1. The van der Waals surface area contributed by atoms with Crippen LogP contribution >= 0.6 is 0 Å². The predicted molar refractivity (Wildman–Crippen MR) is 118 cm³/mol. The highest BCUT2D eigenvalue weighted by atomic mass is 19.1. The summed E-state index contributed by atoms with van der Waals surface area (Å²) in [5.74, 6) is -0.426. The molecule has 0 radical (unpaired) electrons. The highest BCUT2D eigenvalue weighted by molar-refractivity contribution is 6.15. The average Bonchev–Trinajstić information content (AvgIpc) is 2.84. The maximum atomic E-state index is 13.3. The summed E-state index contributed by atoms with van der Waals surface area (Å²) >= 11 is 0. The van der Waals surface area contributed by atoms with Crippen LogP contribution in [0.15, 0.2) is 72.8 Å². The van der Waals surface area contributed by atoms with Crippen molar-refractivity contribution in [1.29, 1.82) is 0 Å². The lowest BCUT2D eigenvalue weighted by atomic mass is 9.88. The molecule has 0 aromatic heterocycles. The molecule has 2 N–H and O–H groups in total. The third-order valence-corrected chi connectivity index (χ3v) is 5.95. The van der Waals surface area contributed by atoms with Crippen LogP contribution in [-0.4, -0.2) is 29.7 Å². The second-order valence-corrected chi connectivity index (χ2v) is 7.90. The average molecular weight is 416 g/mol. The van der Waals surface area contributed by atoms with Gasteiger partial charge in [0, 0.05) is 30.8 Å². The maximum absolute atomic E-state index is 13.3. The van der Waals surface area contributed by atoms with E-state index in [1.807, 2.05) is 17.0 Å². The summed E-state index contributed by atoms with van der Waals surface area (Å²) in [6.45, 7) is 1.79. The number of likely N-dealkylation sites (tertiary alicyclic amines) is 1. The first-order valence-corrected chi connectivity index (χ1v) is 10.5. The van der Waals surface area contributed by atoms with Gasteiger partial charge < -0.3 is 10.6 Å². The van der Waals surface area contributed by atoms with Gasteiger partial charge in [-0.15, -0.1) is 0 Å². The van der Waals surface area contributed by atoms with E-state index in [4.69, 9.17) is 5.73 Å². The van der Waals surface area contributed by atoms with Gasteiger partial charge >= 0.3 is 0 Å². The molecule has 1 aliphatic heterocycles. The molecular weight excluding hydrogens is 391 g/mol. The molecule has 0 unspecified atom stereocenters. The van der Waals surface area contributed by atoms with Gasteiger partial charge in [-0.05, 0) is 60.2 Å². The SMILES string of the molecule is NCc1cccc(C2CCN(C(=O)c3ccccc3C(=O)c3ccc(F)cc3)CC2)c1. The Morgan fingerprint density at radius 3 is 2.26 bits per heavy atom. The second kappa shape index (κ2) is 9.23. The van der Waals surface area contributed by atoms with Crippen LogP contribution in [0.25, 0.3) is 0 Å². The lowest BCUT2D eigenvalue weighted by Crippen LogP contribution is -2.38. The summed E-state index contributed by atoms with van der Waals surface area (Å²) in [7, 11) is 0. The number of rotatable bonds is 5. The minimum atomic E-state index is -0.402. The van der Waals surface area contributed by atoms with Crippen LogP contribution in [0.5, 0.6) is 0 Å².